The second kappa shape index (κ2) is 8.78. The van der Waals surface area contributed by atoms with Crippen molar-refractivity contribution < 1.29 is 19.6 Å². The van der Waals surface area contributed by atoms with Crippen LogP contribution in [-0.4, -0.2) is 40.7 Å². The number of carboxylic acids is 1. The smallest absolute Gasteiger partial charge is 0.335 e. The molecule has 1 aliphatic rings. The van der Waals surface area contributed by atoms with Crippen LogP contribution in [0, 0.1) is 10.1 Å². The molecule has 1 heterocycles. The number of carboxylic acid groups (broad SMARTS) is 1. The zero-order valence-electron chi connectivity index (χ0n) is 17.4. The lowest BCUT2D eigenvalue weighted by Gasteiger charge is -2.20. The van der Waals surface area contributed by atoms with Crippen LogP contribution in [0.4, 0.5) is 17.1 Å². The van der Waals surface area contributed by atoms with Crippen LogP contribution in [0.25, 0.3) is 6.08 Å². The van der Waals surface area contributed by atoms with E-state index in [2.05, 4.69) is 5.10 Å². The SMILES string of the molecule is CCN(CC)c1ccc(/C=C2\C(=O)N(c3cccc(C(=O)O)c3)N=C2C)cc1[N+](=O)[O-]. The molecule has 160 valence electrons. The molecule has 0 aliphatic carbocycles. The molecule has 0 unspecified atom stereocenters. The number of rotatable bonds is 7. The van der Waals surface area contributed by atoms with E-state index in [1.165, 1.54) is 24.3 Å². The minimum Gasteiger partial charge on any atom is -0.478 e. The van der Waals surface area contributed by atoms with Gasteiger partial charge in [0, 0.05) is 19.2 Å². The molecule has 1 N–H and O–H groups in total. The summed E-state index contributed by atoms with van der Waals surface area (Å²) in [5.41, 5.74) is 2.07. The molecule has 9 heteroatoms. The van der Waals surface area contributed by atoms with Gasteiger partial charge in [-0.15, -0.1) is 0 Å². The van der Waals surface area contributed by atoms with E-state index >= 15 is 0 Å². The van der Waals surface area contributed by atoms with Gasteiger partial charge in [0.1, 0.15) is 5.69 Å². The number of nitrogens with zero attached hydrogens (tertiary/aromatic N) is 4. The highest BCUT2D eigenvalue weighted by Crippen LogP contribution is 2.31. The summed E-state index contributed by atoms with van der Waals surface area (Å²) in [7, 11) is 0. The van der Waals surface area contributed by atoms with E-state index < -0.39 is 16.8 Å². The van der Waals surface area contributed by atoms with Crippen LogP contribution in [0.2, 0.25) is 0 Å². The van der Waals surface area contributed by atoms with E-state index in [-0.39, 0.29) is 16.8 Å². The third-order valence-electron chi connectivity index (χ3n) is 5.01. The van der Waals surface area contributed by atoms with Gasteiger partial charge in [-0.25, -0.2) is 4.79 Å². The molecule has 0 saturated carbocycles. The van der Waals surface area contributed by atoms with Crippen LogP contribution in [-0.2, 0) is 4.79 Å². The second-order valence-electron chi connectivity index (χ2n) is 6.89. The van der Waals surface area contributed by atoms with Crippen LogP contribution < -0.4 is 9.91 Å². The summed E-state index contributed by atoms with van der Waals surface area (Å²) < 4.78 is 0. The van der Waals surface area contributed by atoms with E-state index in [1.54, 1.807) is 31.2 Å². The first-order valence-electron chi connectivity index (χ1n) is 9.75. The van der Waals surface area contributed by atoms with Gasteiger partial charge in [0.25, 0.3) is 11.6 Å². The topological polar surface area (TPSA) is 116 Å². The summed E-state index contributed by atoms with van der Waals surface area (Å²) in [6, 6.07) is 10.8. The van der Waals surface area contributed by atoms with Crippen molar-refractivity contribution in [3.8, 4) is 0 Å². The Morgan fingerprint density at radius 3 is 2.55 bits per heavy atom. The quantitative estimate of drug-likeness (QED) is 0.410. The van der Waals surface area contributed by atoms with Crippen LogP contribution in [0.3, 0.4) is 0 Å². The second-order valence-corrected chi connectivity index (χ2v) is 6.89. The average molecular weight is 422 g/mol. The first-order valence-corrected chi connectivity index (χ1v) is 9.75. The number of carbonyl (C=O) groups is 2. The van der Waals surface area contributed by atoms with Crippen LogP contribution in [0.5, 0.6) is 0 Å². The van der Waals surface area contributed by atoms with E-state index in [4.69, 9.17) is 0 Å². The maximum Gasteiger partial charge on any atom is 0.335 e. The maximum atomic E-state index is 12.9. The minimum absolute atomic E-state index is 0.0379. The van der Waals surface area contributed by atoms with Crippen molar-refractivity contribution in [1.82, 2.24) is 0 Å². The fraction of sp³-hybridized carbons (Fsp3) is 0.227. The number of hydrazone groups is 1. The summed E-state index contributed by atoms with van der Waals surface area (Å²) in [6.45, 7) is 6.77. The summed E-state index contributed by atoms with van der Waals surface area (Å²) in [5.74, 6) is -1.54. The van der Waals surface area contributed by atoms with Gasteiger partial charge in [0.2, 0.25) is 0 Å². The molecule has 0 atom stereocenters. The standard InChI is InChI=1S/C22H22N4O5/c1-4-24(5-2)19-10-9-15(12-20(19)26(30)31)11-18-14(3)23-25(21(18)27)17-8-6-7-16(13-17)22(28)29/h6-13H,4-5H2,1-3H3,(H,28,29)/b18-11-. The van der Waals surface area contributed by atoms with Crippen molar-refractivity contribution in [2.24, 2.45) is 5.10 Å². The number of nitro benzene ring substituents is 1. The molecule has 2 aromatic rings. The lowest BCUT2D eigenvalue weighted by molar-refractivity contribution is -0.384. The Morgan fingerprint density at radius 1 is 1.23 bits per heavy atom. The number of hydrogen-bond donors (Lipinski definition) is 1. The van der Waals surface area contributed by atoms with Crippen molar-refractivity contribution in [3.05, 3.63) is 69.3 Å². The molecular weight excluding hydrogens is 400 g/mol. The molecule has 0 fully saturated rings. The van der Waals surface area contributed by atoms with Crippen LogP contribution in [0.15, 0.2) is 53.1 Å². The monoisotopic (exact) mass is 422 g/mol. The van der Waals surface area contributed by atoms with Crippen molar-refractivity contribution in [1.29, 1.82) is 0 Å². The molecule has 9 nitrogen and oxygen atoms in total. The first kappa shape index (κ1) is 21.7. The van der Waals surface area contributed by atoms with E-state index in [9.17, 15) is 24.8 Å². The highest BCUT2D eigenvalue weighted by atomic mass is 16.6. The minimum atomic E-state index is -1.11. The summed E-state index contributed by atoms with van der Waals surface area (Å²) in [5, 5.41) is 26.2. The fourth-order valence-corrected chi connectivity index (χ4v) is 3.40. The normalized spacial score (nSPS) is 14.7. The highest BCUT2D eigenvalue weighted by molar-refractivity contribution is 6.32. The third-order valence-corrected chi connectivity index (χ3v) is 5.01. The Hall–Kier alpha value is -4.01. The van der Waals surface area contributed by atoms with Gasteiger partial charge < -0.3 is 10.0 Å². The number of amides is 1. The fourth-order valence-electron chi connectivity index (χ4n) is 3.40. The maximum absolute atomic E-state index is 12.9. The Balaban J connectivity index is 1.97. The number of anilines is 2. The van der Waals surface area contributed by atoms with Crippen LogP contribution >= 0.6 is 0 Å². The van der Waals surface area contributed by atoms with Gasteiger partial charge in [-0.2, -0.15) is 10.1 Å². The molecule has 0 bridgehead atoms. The predicted octanol–water partition coefficient (Wildman–Crippen LogP) is 3.95. The molecule has 1 aliphatic heterocycles. The summed E-state index contributed by atoms with van der Waals surface area (Å²) in [4.78, 5) is 37.2. The molecule has 0 spiro atoms. The zero-order valence-corrected chi connectivity index (χ0v) is 17.4. The Bertz CT molecular complexity index is 1120. The molecule has 1 amide bonds. The van der Waals surface area contributed by atoms with Gasteiger partial charge in [-0.05, 0) is 56.7 Å². The summed E-state index contributed by atoms with van der Waals surface area (Å²) in [6.07, 6.45) is 1.56. The molecule has 31 heavy (non-hydrogen) atoms. The lowest BCUT2D eigenvalue weighted by atomic mass is 10.1. The van der Waals surface area contributed by atoms with Crippen molar-refractivity contribution in [3.63, 3.8) is 0 Å². The van der Waals surface area contributed by atoms with E-state index in [1.807, 2.05) is 18.7 Å². The Labute approximate surface area is 179 Å². The highest BCUT2D eigenvalue weighted by Gasteiger charge is 2.29. The molecule has 0 aromatic heterocycles. The van der Waals surface area contributed by atoms with Crippen molar-refractivity contribution >= 4 is 40.7 Å². The average Bonchev–Trinajstić information content (AvgIpc) is 3.03. The number of hydrogen-bond acceptors (Lipinski definition) is 6. The van der Waals surface area contributed by atoms with Crippen molar-refractivity contribution in [2.75, 3.05) is 23.0 Å². The Morgan fingerprint density at radius 2 is 1.94 bits per heavy atom. The van der Waals surface area contributed by atoms with E-state index in [0.717, 1.165) is 5.01 Å². The van der Waals surface area contributed by atoms with Gasteiger partial charge >= 0.3 is 5.97 Å². The van der Waals surface area contributed by atoms with Gasteiger partial charge in [0.15, 0.2) is 0 Å². The number of carbonyl (C=O) groups excluding carboxylic acids is 1. The third kappa shape index (κ3) is 4.30. The van der Waals surface area contributed by atoms with Crippen molar-refractivity contribution in [2.45, 2.75) is 20.8 Å². The van der Waals surface area contributed by atoms with Gasteiger partial charge in [-0.1, -0.05) is 12.1 Å². The largest absolute Gasteiger partial charge is 0.478 e. The van der Waals surface area contributed by atoms with E-state index in [0.29, 0.717) is 35.7 Å². The first-order chi connectivity index (χ1) is 14.8. The molecule has 3 rings (SSSR count). The zero-order chi connectivity index (χ0) is 22.7. The number of aromatic carboxylic acids is 1. The number of nitro groups is 1. The Kier molecular flexibility index (Phi) is 6.15. The molecule has 0 saturated heterocycles. The summed E-state index contributed by atoms with van der Waals surface area (Å²) >= 11 is 0. The lowest BCUT2D eigenvalue weighted by Crippen LogP contribution is -2.23. The number of benzene rings is 2. The molecular formula is C22H22N4O5. The van der Waals surface area contributed by atoms with Gasteiger partial charge in [-0.3, -0.25) is 14.9 Å². The van der Waals surface area contributed by atoms with Gasteiger partial charge in [0.05, 0.1) is 27.5 Å². The molecule has 0 radical (unpaired) electrons. The van der Waals surface area contributed by atoms with Crippen LogP contribution in [0.1, 0.15) is 36.7 Å². The molecule has 2 aromatic carbocycles. The predicted molar refractivity (Wildman–Crippen MR) is 119 cm³/mol.